The Labute approximate surface area is 185 Å². The molecule has 0 saturated carbocycles. The summed E-state index contributed by atoms with van der Waals surface area (Å²) in [4.78, 5) is 24.4. The number of amides is 2. The summed E-state index contributed by atoms with van der Waals surface area (Å²) in [5.74, 6) is -0.216. The van der Waals surface area contributed by atoms with Gasteiger partial charge < -0.3 is 10.1 Å². The third kappa shape index (κ3) is 6.69. The number of benzene rings is 3. The monoisotopic (exact) mass is 435 g/mol. The Morgan fingerprint density at radius 2 is 1.77 bits per heavy atom. The number of hydrogen-bond donors (Lipinski definition) is 2. The van der Waals surface area contributed by atoms with Crippen LogP contribution in [-0.2, 0) is 4.79 Å². The summed E-state index contributed by atoms with van der Waals surface area (Å²) in [6.07, 6.45) is 1.42. The van der Waals surface area contributed by atoms with Gasteiger partial charge in [0, 0.05) is 21.8 Å². The van der Waals surface area contributed by atoms with Gasteiger partial charge in [-0.05, 0) is 61.9 Å². The Morgan fingerprint density at radius 1 is 1.00 bits per heavy atom. The summed E-state index contributed by atoms with van der Waals surface area (Å²) in [7, 11) is 0. The predicted molar refractivity (Wildman–Crippen MR) is 123 cm³/mol. The molecule has 3 rings (SSSR count). The molecule has 31 heavy (non-hydrogen) atoms. The summed E-state index contributed by atoms with van der Waals surface area (Å²) < 4.78 is 5.64. The molecule has 3 aromatic carbocycles. The lowest BCUT2D eigenvalue weighted by atomic mass is 10.1. The summed E-state index contributed by atoms with van der Waals surface area (Å²) in [5, 5.41) is 7.24. The third-order valence-corrected chi connectivity index (χ3v) is 4.55. The topological polar surface area (TPSA) is 79.8 Å². The third-order valence-electron chi connectivity index (χ3n) is 4.32. The molecule has 0 aromatic heterocycles. The molecule has 6 nitrogen and oxygen atoms in total. The first-order chi connectivity index (χ1) is 14.9. The number of anilines is 1. The van der Waals surface area contributed by atoms with E-state index in [1.54, 1.807) is 30.3 Å². The van der Waals surface area contributed by atoms with Crippen molar-refractivity contribution < 1.29 is 14.3 Å². The van der Waals surface area contributed by atoms with E-state index in [0.717, 1.165) is 11.1 Å². The maximum absolute atomic E-state index is 12.2. The second-order valence-electron chi connectivity index (χ2n) is 6.95. The Hall–Kier alpha value is -3.64. The molecule has 0 fully saturated rings. The van der Waals surface area contributed by atoms with Crippen LogP contribution < -0.4 is 15.5 Å². The molecule has 0 radical (unpaired) electrons. The van der Waals surface area contributed by atoms with Gasteiger partial charge in [-0.3, -0.25) is 9.59 Å². The number of hydrazone groups is 1. The normalized spacial score (nSPS) is 10.7. The predicted octanol–water partition coefficient (Wildman–Crippen LogP) is 4.74. The van der Waals surface area contributed by atoms with Crippen molar-refractivity contribution in [1.82, 2.24) is 5.43 Å². The number of nitrogens with zero attached hydrogens (tertiary/aromatic N) is 1. The molecule has 0 unspecified atom stereocenters. The van der Waals surface area contributed by atoms with Crippen molar-refractivity contribution in [2.45, 2.75) is 13.8 Å². The molecule has 0 atom stereocenters. The van der Waals surface area contributed by atoms with Gasteiger partial charge in [-0.15, -0.1) is 0 Å². The van der Waals surface area contributed by atoms with Gasteiger partial charge in [-0.2, -0.15) is 5.10 Å². The van der Waals surface area contributed by atoms with Crippen LogP contribution >= 0.6 is 11.6 Å². The van der Waals surface area contributed by atoms with Crippen LogP contribution in [0.5, 0.6) is 5.75 Å². The van der Waals surface area contributed by atoms with E-state index < -0.39 is 0 Å². The van der Waals surface area contributed by atoms with Gasteiger partial charge >= 0.3 is 0 Å². The lowest BCUT2D eigenvalue weighted by molar-refractivity contribution is -0.118. The highest BCUT2D eigenvalue weighted by Gasteiger charge is 2.08. The first-order valence-electron chi connectivity index (χ1n) is 9.59. The van der Waals surface area contributed by atoms with E-state index in [9.17, 15) is 9.59 Å². The quantitative estimate of drug-likeness (QED) is 0.415. The van der Waals surface area contributed by atoms with E-state index >= 15 is 0 Å². The second-order valence-corrected chi connectivity index (χ2v) is 7.39. The van der Waals surface area contributed by atoms with E-state index in [-0.39, 0.29) is 18.4 Å². The molecule has 7 heteroatoms. The van der Waals surface area contributed by atoms with E-state index in [1.165, 1.54) is 6.21 Å². The fourth-order valence-corrected chi connectivity index (χ4v) is 2.93. The number of aryl methyl sites for hydroxylation is 2. The molecule has 0 spiro atoms. The smallest absolute Gasteiger partial charge is 0.271 e. The van der Waals surface area contributed by atoms with Crippen LogP contribution in [0.4, 0.5) is 5.69 Å². The van der Waals surface area contributed by atoms with Crippen molar-refractivity contribution in [3.8, 4) is 5.75 Å². The number of carbonyl (C=O) groups excluding carboxylic acids is 2. The van der Waals surface area contributed by atoms with Crippen molar-refractivity contribution in [1.29, 1.82) is 0 Å². The zero-order chi connectivity index (χ0) is 22.2. The van der Waals surface area contributed by atoms with Crippen LogP contribution in [0.15, 0.2) is 71.8 Å². The van der Waals surface area contributed by atoms with Crippen LogP contribution in [0, 0.1) is 13.8 Å². The van der Waals surface area contributed by atoms with Gasteiger partial charge in [0.15, 0.2) is 6.61 Å². The molecule has 0 aliphatic heterocycles. The molecule has 0 aliphatic rings. The number of carbonyl (C=O) groups is 2. The standard InChI is InChI=1S/C24H22ClN3O3/c1-16-6-8-18(9-7-16)24(30)28-26-14-19-13-20(25)10-11-22(19)31-15-23(29)27-21-5-3-4-17(2)12-21/h3-14H,15H2,1-2H3,(H,27,29)(H,28,30)/b26-14+. The number of rotatable bonds is 7. The maximum Gasteiger partial charge on any atom is 0.271 e. The molecule has 0 bridgehead atoms. The Kier molecular flexibility index (Phi) is 7.40. The van der Waals surface area contributed by atoms with Gasteiger partial charge in [0.1, 0.15) is 5.75 Å². The minimum Gasteiger partial charge on any atom is -0.483 e. The Morgan fingerprint density at radius 3 is 2.52 bits per heavy atom. The number of ether oxygens (including phenoxy) is 1. The Balaban J connectivity index is 1.61. The summed E-state index contributed by atoms with van der Waals surface area (Å²) in [6, 6.07) is 19.6. The van der Waals surface area contributed by atoms with Crippen molar-refractivity contribution in [3.63, 3.8) is 0 Å². The van der Waals surface area contributed by atoms with Gasteiger partial charge in [-0.1, -0.05) is 41.4 Å². The average Bonchev–Trinajstić information content (AvgIpc) is 2.73. The lowest BCUT2D eigenvalue weighted by Gasteiger charge is -2.10. The van der Waals surface area contributed by atoms with Gasteiger partial charge in [-0.25, -0.2) is 5.43 Å². The van der Waals surface area contributed by atoms with Crippen LogP contribution in [-0.4, -0.2) is 24.6 Å². The largest absolute Gasteiger partial charge is 0.483 e. The van der Waals surface area contributed by atoms with E-state index in [0.29, 0.717) is 27.6 Å². The zero-order valence-corrected chi connectivity index (χ0v) is 17.9. The molecule has 2 N–H and O–H groups in total. The van der Waals surface area contributed by atoms with Gasteiger partial charge in [0.05, 0.1) is 6.21 Å². The molecular weight excluding hydrogens is 414 g/mol. The Bertz CT molecular complexity index is 1110. The summed E-state index contributed by atoms with van der Waals surface area (Å²) >= 11 is 6.07. The van der Waals surface area contributed by atoms with Crippen LogP contribution in [0.2, 0.25) is 5.02 Å². The van der Waals surface area contributed by atoms with Crippen molar-refractivity contribution in [3.05, 3.63) is 94.0 Å². The average molecular weight is 436 g/mol. The molecular formula is C24H22ClN3O3. The summed E-state index contributed by atoms with van der Waals surface area (Å²) in [6.45, 7) is 3.71. The second kappa shape index (κ2) is 10.4. The van der Waals surface area contributed by atoms with E-state index in [1.807, 2.05) is 50.2 Å². The highest BCUT2D eigenvalue weighted by molar-refractivity contribution is 6.30. The van der Waals surface area contributed by atoms with Gasteiger partial charge in [0.2, 0.25) is 0 Å². The first kappa shape index (κ1) is 22.1. The minimum absolute atomic E-state index is 0.188. The summed E-state index contributed by atoms with van der Waals surface area (Å²) in [5.41, 5.74) is 6.30. The van der Waals surface area contributed by atoms with Gasteiger partial charge in [0.25, 0.3) is 11.8 Å². The maximum atomic E-state index is 12.2. The number of hydrogen-bond acceptors (Lipinski definition) is 4. The first-order valence-corrected chi connectivity index (χ1v) is 9.97. The fraction of sp³-hybridized carbons (Fsp3) is 0.125. The van der Waals surface area contributed by atoms with Crippen LogP contribution in [0.1, 0.15) is 27.0 Å². The zero-order valence-electron chi connectivity index (χ0n) is 17.2. The van der Waals surface area contributed by atoms with Crippen LogP contribution in [0.3, 0.4) is 0 Å². The fourth-order valence-electron chi connectivity index (χ4n) is 2.74. The molecule has 0 heterocycles. The highest BCUT2D eigenvalue weighted by Crippen LogP contribution is 2.21. The lowest BCUT2D eigenvalue weighted by Crippen LogP contribution is -2.20. The number of nitrogens with one attached hydrogen (secondary N) is 2. The molecule has 3 aromatic rings. The molecule has 0 saturated heterocycles. The van der Waals surface area contributed by atoms with Crippen molar-refractivity contribution >= 4 is 35.3 Å². The SMILES string of the molecule is Cc1ccc(C(=O)N/N=C/c2cc(Cl)ccc2OCC(=O)Nc2cccc(C)c2)cc1. The van der Waals surface area contributed by atoms with E-state index in [2.05, 4.69) is 15.8 Å². The van der Waals surface area contributed by atoms with Crippen molar-refractivity contribution in [2.24, 2.45) is 5.10 Å². The molecule has 158 valence electrons. The highest BCUT2D eigenvalue weighted by atomic mass is 35.5. The van der Waals surface area contributed by atoms with E-state index in [4.69, 9.17) is 16.3 Å². The molecule has 2 amide bonds. The van der Waals surface area contributed by atoms with Crippen LogP contribution in [0.25, 0.3) is 0 Å². The molecule has 0 aliphatic carbocycles. The number of halogens is 1. The van der Waals surface area contributed by atoms with Crippen molar-refractivity contribution in [2.75, 3.05) is 11.9 Å². The minimum atomic E-state index is -0.335.